The van der Waals surface area contributed by atoms with E-state index in [-0.39, 0.29) is 6.09 Å². The predicted molar refractivity (Wildman–Crippen MR) is 86.6 cm³/mol. The van der Waals surface area contributed by atoms with E-state index in [2.05, 4.69) is 29.5 Å². The van der Waals surface area contributed by atoms with Gasteiger partial charge in [0, 0.05) is 13.1 Å². The number of hydrogen-bond donors (Lipinski definition) is 2. The number of nitrogens with zero attached hydrogens (tertiary/aromatic N) is 1. The van der Waals surface area contributed by atoms with Gasteiger partial charge >= 0.3 is 6.09 Å². The van der Waals surface area contributed by atoms with Gasteiger partial charge in [-0.1, -0.05) is 6.92 Å². The summed E-state index contributed by atoms with van der Waals surface area (Å²) in [6, 6.07) is 0. The molecule has 1 heterocycles. The number of rotatable bonds is 6. The number of ether oxygens (including phenoxy) is 1. The fraction of sp³-hybridized carbons (Fsp3) is 0.938. The first kappa shape index (κ1) is 18.2. The van der Waals surface area contributed by atoms with Gasteiger partial charge in [-0.05, 0) is 72.1 Å². The van der Waals surface area contributed by atoms with Crippen molar-refractivity contribution in [3.63, 3.8) is 0 Å². The van der Waals surface area contributed by atoms with Gasteiger partial charge in [0.1, 0.15) is 5.60 Å². The quantitative estimate of drug-likeness (QED) is 0.739. The minimum atomic E-state index is -0.426. The minimum absolute atomic E-state index is 0.329. The summed E-state index contributed by atoms with van der Waals surface area (Å²) in [6.07, 6.45) is 3.11. The average Bonchev–Trinajstić information content (AvgIpc) is 2.35. The molecule has 1 saturated heterocycles. The maximum absolute atomic E-state index is 11.5. The van der Waals surface area contributed by atoms with Crippen molar-refractivity contribution in [3.8, 4) is 0 Å². The highest BCUT2D eigenvalue weighted by atomic mass is 16.6. The molecule has 0 spiro atoms. The summed E-state index contributed by atoms with van der Waals surface area (Å²) in [4.78, 5) is 13.9. The van der Waals surface area contributed by atoms with Crippen LogP contribution in [-0.4, -0.2) is 56.4 Å². The van der Waals surface area contributed by atoms with Gasteiger partial charge in [0.25, 0.3) is 0 Å². The second-order valence-electron chi connectivity index (χ2n) is 7.57. The monoisotopic (exact) mass is 299 g/mol. The lowest BCUT2D eigenvalue weighted by molar-refractivity contribution is 0.0527. The van der Waals surface area contributed by atoms with E-state index in [0.29, 0.717) is 12.0 Å². The molecule has 1 aliphatic heterocycles. The molecule has 1 fully saturated rings. The van der Waals surface area contributed by atoms with Crippen molar-refractivity contribution < 1.29 is 9.53 Å². The Kier molecular flexibility index (Phi) is 6.94. The molecule has 1 amide bonds. The lowest BCUT2D eigenvalue weighted by Crippen LogP contribution is -2.42. The van der Waals surface area contributed by atoms with E-state index in [0.717, 1.165) is 19.5 Å². The van der Waals surface area contributed by atoms with Crippen LogP contribution in [0.5, 0.6) is 0 Å². The van der Waals surface area contributed by atoms with Crippen molar-refractivity contribution >= 4 is 6.09 Å². The number of amides is 1. The molecule has 0 atom stereocenters. The molecule has 0 radical (unpaired) electrons. The van der Waals surface area contributed by atoms with Crippen LogP contribution in [0.2, 0.25) is 0 Å². The van der Waals surface area contributed by atoms with Crippen LogP contribution in [0.15, 0.2) is 0 Å². The van der Waals surface area contributed by atoms with Crippen LogP contribution in [0.25, 0.3) is 0 Å². The fourth-order valence-corrected chi connectivity index (χ4v) is 2.44. The van der Waals surface area contributed by atoms with Gasteiger partial charge in [0.2, 0.25) is 0 Å². The summed E-state index contributed by atoms with van der Waals surface area (Å²) in [5, 5.41) is 6.31. The predicted octanol–water partition coefficient (Wildman–Crippen LogP) is 2.22. The van der Waals surface area contributed by atoms with Gasteiger partial charge in [-0.15, -0.1) is 0 Å². The van der Waals surface area contributed by atoms with Crippen molar-refractivity contribution in [2.75, 3.05) is 39.8 Å². The van der Waals surface area contributed by atoms with Gasteiger partial charge in [0.05, 0.1) is 0 Å². The number of alkyl carbamates (subject to hydrolysis) is 1. The van der Waals surface area contributed by atoms with Crippen LogP contribution in [-0.2, 0) is 4.74 Å². The number of piperidine rings is 1. The molecule has 0 aliphatic carbocycles. The zero-order chi connectivity index (χ0) is 15.9. The first-order chi connectivity index (χ1) is 9.70. The highest BCUT2D eigenvalue weighted by Gasteiger charge is 2.28. The Morgan fingerprint density at radius 2 is 1.86 bits per heavy atom. The van der Waals surface area contributed by atoms with Crippen molar-refractivity contribution in [1.29, 1.82) is 0 Å². The lowest BCUT2D eigenvalue weighted by atomic mass is 9.80. The number of likely N-dealkylation sites (tertiary alicyclic amines) is 1. The molecule has 0 aromatic heterocycles. The van der Waals surface area contributed by atoms with E-state index in [1.807, 2.05) is 20.8 Å². The molecule has 0 bridgehead atoms. The summed E-state index contributed by atoms with van der Waals surface area (Å²) >= 11 is 0. The van der Waals surface area contributed by atoms with E-state index in [1.165, 1.54) is 25.9 Å². The van der Waals surface area contributed by atoms with Gasteiger partial charge in [0.15, 0.2) is 0 Å². The Balaban J connectivity index is 2.03. The number of carbonyl (C=O) groups is 1. The largest absolute Gasteiger partial charge is 0.444 e. The van der Waals surface area contributed by atoms with Crippen molar-refractivity contribution in [2.24, 2.45) is 5.41 Å². The normalized spacial score (nSPS) is 19.3. The zero-order valence-electron chi connectivity index (χ0n) is 14.4. The molecule has 0 unspecified atom stereocenters. The number of hydrogen-bond acceptors (Lipinski definition) is 4. The molecule has 0 aromatic carbocycles. The highest BCUT2D eigenvalue weighted by molar-refractivity contribution is 5.67. The van der Waals surface area contributed by atoms with E-state index >= 15 is 0 Å². The maximum atomic E-state index is 11.5. The number of nitrogens with one attached hydrogen (secondary N) is 2. The summed E-state index contributed by atoms with van der Waals surface area (Å²) in [7, 11) is 2.19. The Morgan fingerprint density at radius 3 is 2.43 bits per heavy atom. The molecule has 1 rings (SSSR count). The number of carbonyl (C=O) groups excluding carboxylic acids is 1. The molecule has 2 N–H and O–H groups in total. The fourth-order valence-electron chi connectivity index (χ4n) is 2.44. The third kappa shape index (κ3) is 8.27. The van der Waals surface area contributed by atoms with Crippen LogP contribution in [0, 0.1) is 5.41 Å². The minimum Gasteiger partial charge on any atom is -0.444 e. The smallest absolute Gasteiger partial charge is 0.407 e. The topological polar surface area (TPSA) is 53.6 Å². The SMILES string of the molecule is CN1CCC(C)(CNCCCNC(=O)OC(C)(C)C)CC1. The van der Waals surface area contributed by atoms with E-state index in [9.17, 15) is 4.79 Å². The summed E-state index contributed by atoms with van der Waals surface area (Å²) < 4.78 is 5.19. The van der Waals surface area contributed by atoms with Crippen LogP contribution < -0.4 is 10.6 Å². The first-order valence-corrected chi connectivity index (χ1v) is 8.06. The van der Waals surface area contributed by atoms with Crippen molar-refractivity contribution in [3.05, 3.63) is 0 Å². The molecular formula is C16H33N3O2. The van der Waals surface area contributed by atoms with Crippen LogP contribution in [0.4, 0.5) is 4.79 Å². The molecule has 124 valence electrons. The van der Waals surface area contributed by atoms with E-state index in [4.69, 9.17) is 4.74 Å². The molecule has 0 saturated carbocycles. The summed E-state index contributed by atoms with van der Waals surface area (Å²) in [5.41, 5.74) is -0.00380. The van der Waals surface area contributed by atoms with Gasteiger partial charge in [-0.25, -0.2) is 4.79 Å². The molecule has 21 heavy (non-hydrogen) atoms. The Labute approximate surface area is 129 Å². The van der Waals surface area contributed by atoms with Crippen LogP contribution in [0.3, 0.4) is 0 Å². The Hall–Kier alpha value is -0.810. The van der Waals surface area contributed by atoms with Crippen LogP contribution in [0.1, 0.15) is 47.0 Å². The third-order valence-corrected chi connectivity index (χ3v) is 3.94. The molecule has 5 heteroatoms. The zero-order valence-corrected chi connectivity index (χ0v) is 14.4. The molecule has 5 nitrogen and oxygen atoms in total. The highest BCUT2D eigenvalue weighted by Crippen LogP contribution is 2.29. The lowest BCUT2D eigenvalue weighted by Gasteiger charge is -2.38. The molecule has 0 aromatic rings. The van der Waals surface area contributed by atoms with Gasteiger partial charge < -0.3 is 20.3 Å². The standard InChI is InChI=1S/C16H33N3O2/c1-15(2,3)21-14(20)18-10-6-9-17-13-16(4)7-11-19(5)12-8-16/h17H,6-13H2,1-5H3,(H,18,20). The molecule has 1 aliphatic rings. The maximum Gasteiger partial charge on any atom is 0.407 e. The Bertz CT molecular complexity index is 318. The summed E-state index contributed by atoms with van der Waals surface area (Å²) in [6.45, 7) is 13.0. The van der Waals surface area contributed by atoms with Crippen molar-refractivity contribution in [2.45, 2.75) is 52.6 Å². The summed E-state index contributed by atoms with van der Waals surface area (Å²) in [5.74, 6) is 0. The van der Waals surface area contributed by atoms with Crippen LogP contribution >= 0.6 is 0 Å². The second kappa shape index (κ2) is 7.99. The van der Waals surface area contributed by atoms with E-state index < -0.39 is 5.60 Å². The molecular weight excluding hydrogens is 266 g/mol. The Morgan fingerprint density at radius 1 is 1.24 bits per heavy atom. The average molecular weight is 299 g/mol. The van der Waals surface area contributed by atoms with Gasteiger partial charge in [-0.3, -0.25) is 0 Å². The third-order valence-electron chi connectivity index (χ3n) is 3.94. The van der Waals surface area contributed by atoms with Gasteiger partial charge in [-0.2, -0.15) is 0 Å². The first-order valence-electron chi connectivity index (χ1n) is 8.06. The van der Waals surface area contributed by atoms with E-state index in [1.54, 1.807) is 0 Å². The second-order valence-corrected chi connectivity index (χ2v) is 7.57. The van der Waals surface area contributed by atoms with Crippen molar-refractivity contribution in [1.82, 2.24) is 15.5 Å².